The van der Waals surface area contributed by atoms with E-state index in [1.165, 1.54) is 6.33 Å². The number of hydrogen-bond donors (Lipinski definition) is 1. The number of hydrogen-bond acceptors (Lipinski definition) is 2. The van der Waals surface area contributed by atoms with Crippen LogP contribution in [0.25, 0.3) is 0 Å². The number of aromatic amines is 1. The molecule has 2 rings (SSSR count). The number of rotatable bonds is 0. The summed E-state index contributed by atoms with van der Waals surface area (Å²) in [7, 11) is 0. The molecule has 0 aliphatic carbocycles. The Hall–Kier alpha value is -1.79. The summed E-state index contributed by atoms with van der Waals surface area (Å²) in [6, 6.07) is 1.76. The molecule has 0 amide bonds. The number of halogens is 1. The van der Waals surface area contributed by atoms with Crippen molar-refractivity contribution >= 4 is 11.6 Å². The minimum atomic E-state index is 0.620. The summed E-state index contributed by atoms with van der Waals surface area (Å²) < 4.78 is 0. The SMILES string of the molecule is Clc1cc[nH]c1C#Cc1cncnc1. The van der Waals surface area contributed by atoms with Crippen molar-refractivity contribution in [3.05, 3.63) is 47.3 Å². The van der Waals surface area contributed by atoms with Gasteiger partial charge < -0.3 is 4.98 Å². The first-order valence-corrected chi connectivity index (χ1v) is 4.34. The summed E-state index contributed by atoms with van der Waals surface area (Å²) in [5.41, 5.74) is 1.47. The Bertz CT molecular complexity index is 479. The molecule has 0 saturated heterocycles. The van der Waals surface area contributed by atoms with Gasteiger partial charge in [-0.2, -0.15) is 0 Å². The normalized spacial score (nSPS) is 9.21. The second kappa shape index (κ2) is 3.95. The molecule has 0 unspecified atom stereocenters. The lowest BCUT2D eigenvalue weighted by Gasteiger charge is -1.85. The van der Waals surface area contributed by atoms with Gasteiger partial charge in [-0.25, -0.2) is 9.97 Å². The van der Waals surface area contributed by atoms with Gasteiger partial charge in [-0.3, -0.25) is 0 Å². The molecule has 3 nitrogen and oxygen atoms in total. The van der Waals surface area contributed by atoms with Crippen LogP contribution in [0.2, 0.25) is 5.02 Å². The molecule has 0 aliphatic heterocycles. The molecule has 2 heterocycles. The van der Waals surface area contributed by atoms with Gasteiger partial charge in [0.1, 0.15) is 12.0 Å². The quantitative estimate of drug-likeness (QED) is 0.664. The summed E-state index contributed by atoms with van der Waals surface area (Å²) in [5, 5.41) is 0.620. The molecule has 14 heavy (non-hydrogen) atoms. The number of aromatic nitrogens is 3. The van der Waals surface area contributed by atoms with Crippen molar-refractivity contribution in [1.29, 1.82) is 0 Å². The highest BCUT2D eigenvalue weighted by Crippen LogP contribution is 2.11. The maximum atomic E-state index is 5.84. The molecule has 0 saturated carbocycles. The highest BCUT2D eigenvalue weighted by molar-refractivity contribution is 6.31. The summed E-state index contributed by atoms with van der Waals surface area (Å²) in [6.07, 6.45) is 6.51. The molecule has 0 aromatic carbocycles. The van der Waals surface area contributed by atoms with Gasteiger partial charge in [0.15, 0.2) is 0 Å². The lowest BCUT2D eigenvalue weighted by atomic mass is 10.3. The van der Waals surface area contributed by atoms with Crippen LogP contribution in [0.15, 0.2) is 31.0 Å². The molecular weight excluding hydrogens is 198 g/mol. The maximum Gasteiger partial charge on any atom is 0.115 e. The zero-order valence-electron chi connectivity index (χ0n) is 7.16. The zero-order chi connectivity index (χ0) is 9.80. The molecule has 0 atom stereocenters. The van der Waals surface area contributed by atoms with E-state index >= 15 is 0 Å². The third kappa shape index (κ3) is 1.93. The summed E-state index contributed by atoms with van der Waals surface area (Å²) in [6.45, 7) is 0. The summed E-state index contributed by atoms with van der Waals surface area (Å²) in [4.78, 5) is 10.6. The largest absolute Gasteiger partial charge is 0.354 e. The average Bonchev–Trinajstić information content (AvgIpc) is 2.63. The van der Waals surface area contributed by atoms with E-state index in [1.54, 1.807) is 24.7 Å². The number of nitrogens with zero attached hydrogens (tertiary/aromatic N) is 2. The van der Waals surface area contributed by atoms with Crippen LogP contribution in [0, 0.1) is 11.8 Å². The Morgan fingerprint density at radius 2 is 2.00 bits per heavy atom. The van der Waals surface area contributed by atoms with Gasteiger partial charge in [-0.15, -0.1) is 0 Å². The van der Waals surface area contributed by atoms with E-state index in [4.69, 9.17) is 11.6 Å². The van der Waals surface area contributed by atoms with Crippen molar-refractivity contribution in [3.63, 3.8) is 0 Å². The maximum absolute atomic E-state index is 5.84. The lowest BCUT2D eigenvalue weighted by Crippen LogP contribution is -1.80. The molecule has 68 valence electrons. The van der Waals surface area contributed by atoms with E-state index in [0.717, 1.165) is 5.56 Å². The topological polar surface area (TPSA) is 41.6 Å². The monoisotopic (exact) mass is 203 g/mol. The standard InChI is InChI=1S/C10H6ClN3/c11-9-3-4-14-10(9)2-1-8-5-12-7-13-6-8/h3-7,14H. The van der Waals surface area contributed by atoms with Crippen LogP contribution in [-0.2, 0) is 0 Å². The highest BCUT2D eigenvalue weighted by atomic mass is 35.5. The van der Waals surface area contributed by atoms with Crippen molar-refractivity contribution in [1.82, 2.24) is 15.0 Å². The Morgan fingerprint density at radius 3 is 2.64 bits per heavy atom. The van der Waals surface area contributed by atoms with E-state index in [2.05, 4.69) is 26.8 Å². The van der Waals surface area contributed by atoms with Crippen LogP contribution in [0.4, 0.5) is 0 Å². The molecule has 0 radical (unpaired) electrons. The van der Waals surface area contributed by atoms with Crippen molar-refractivity contribution in [2.75, 3.05) is 0 Å². The molecule has 0 bridgehead atoms. The van der Waals surface area contributed by atoms with Crippen molar-refractivity contribution in [2.24, 2.45) is 0 Å². The molecule has 4 heteroatoms. The second-order valence-electron chi connectivity index (χ2n) is 2.58. The first-order valence-electron chi connectivity index (χ1n) is 3.96. The minimum absolute atomic E-state index is 0.620. The van der Waals surface area contributed by atoms with Gasteiger partial charge >= 0.3 is 0 Å². The molecule has 2 aromatic heterocycles. The predicted molar refractivity (Wildman–Crippen MR) is 53.8 cm³/mol. The second-order valence-corrected chi connectivity index (χ2v) is 2.98. The van der Waals surface area contributed by atoms with Crippen LogP contribution in [0.5, 0.6) is 0 Å². The third-order valence-electron chi connectivity index (χ3n) is 1.59. The van der Waals surface area contributed by atoms with Gasteiger partial charge in [0.25, 0.3) is 0 Å². The minimum Gasteiger partial charge on any atom is -0.354 e. The van der Waals surface area contributed by atoms with Crippen LogP contribution >= 0.6 is 11.6 Å². The Balaban J connectivity index is 2.28. The Labute approximate surface area is 86.2 Å². The van der Waals surface area contributed by atoms with Gasteiger partial charge in [0, 0.05) is 18.6 Å². The molecule has 1 N–H and O–H groups in total. The fraction of sp³-hybridized carbons (Fsp3) is 0. The third-order valence-corrected chi connectivity index (χ3v) is 1.90. The predicted octanol–water partition coefficient (Wildman–Crippen LogP) is 1.86. The average molecular weight is 204 g/mol. The van der Waals surface area contributed by atoms with Crippen LogP contribution in [0.3, 0.4) is 0 Å². The van der Waals surface area contributed by atoms with E-state index in [0.29, 0.717) is 10.7 Å². The summed E-state index contributed by atoms with van der Waals surface area (Å²) in [5.74, 6) is 5.79. The van der Waals surface area contributed by atoms with Crippen LogP contribution in [0.1, 0.15) is 11.3 Å². The smallest absolute Gasteiger partial charge is 0.115 e. The van der Waals surface area contributed by atoms with E-state index in [1.807, 2.05) is 0 Å². The van der Waals surface area contributed by atoms with Crippen LogP contribution in [-0.4, -0.2) is 15.0 Å². The zero-order valence-corrected chi connectivity index (χ0v) is 7.92. The molecule has 0 fully saturated rings. The molecule has 0 aliphatic rings. The molecule has 2 aromatic rings. The fourth-order valence-corrected chi connectivity index (χ4v) is 1.11. The van der Waals surface area contributed by atoms with Gasteiger partial charge in [0.05, 0.1) is 10.6 Å². The first-order chi connectivity index (χ1) is 6.86. The summed E-state index contributed by atoms with van der Waals surface area (Å²) >= 11 is 5.84. The Morgan fingerprint density at radius 1 is 1.21 bits per heavy atom. The molecule has 0 spiro atoms. The van der Waals surface area contributed by atoms with E-state index in [9.17, 15) is 0 Å². The van der Waals surface area contributed by atoms with Gasteiger partial charge in [-0.05, 0) is 12.0 Å². The fourth-order valence-electron chi connectivity index (χ4n) is 0.945. The number of H-pyrrole nitrogens is 1. The van der Waals surface area contributed by atoms with Crippen molar-refractivity contribution < 1.29 is 0 Å². The first kappa shape index (κ1) is 8.79. The highest BCUT2D eigenvalue weighted by Gasteiger charge is 1.94. The lowest BCUT2D eigenvalue weighted by molar-refractivity contribution is 1.16. The number of nitrogens with one attached hydrogen (secondary N) is 1. The van der Waals surface area contributed by atoms with E-state index < -0.39 is 0 Å². The van der Waals surface area contributed by atoms with Crippen molar-refractivity contribution in [2.45, 2.75) is 0 Å². The van der Waals surface area contributed by atoms with E-state index in [-0.39, 0.29) is 0 Å². The Kier molecular flexibility index (Phi) is 2.48. The molecular formula is C10H6ClN3. The van der Waals surface area contributed by atoms with Crippen molar-refractivity contribution in [3.8, 4) is 11.8 Å². The van der Waals surface area contributed by atoms with Crippen LogP contribution < -0.4 is 0 Å². The van der Waals surface area contributed by atoms with Gasteiger partial charge in [-0.1, -0.05) is 17.5 Å². The van der Waals surface area contributed by atoms with Gasteiger partial charge in [0.2, 0.25) is 0 Å².